The highest BCUT2D eigenvalue weighted by atomic mass is 15.3. The largest absolute Gasteiger partial charge is 0.341 e. The van der Waals surface area contributed by atoms with Crippen LogP contribution in [0.3, 0.4) is 0 Å². The third-order valence-electron chi connectivity index (χ3n) is 3.33. The second kappa shape index (κ2) is 4.33. The normalized spacial score (nSPS) is 19.9. The van der Waals surface area contributed by atoms with E-state index in [0.29, 0.717) is 6.04 Å². The topological polar surface area (TPSA) is 58.5 Å². The van der Waals surface area contributed by atoms with Crippen LogP contribution in [0.1, 0.15) is 18.7 Å². The fourth-order valence-corrected chi connectivity index (χ4v) is 2.40. The minimum atomic E-state index is 0.584. The number of hydrogen-bond donors (Lipinski definition) is 2. The third-order valence-corrected chi connectivity index (χ3v) is 3.33. The zero-order chi connectivity index (χ0) is 11.7. The van der Waals surface area contributed by atoms with Crippen molar-refractivity contribution in [2.24, 2.45) is 7.05 Å². The van der Waals surface area contributed by atoms with Gasteiger partial charge in [-0.05, 0) is 25.5 Å². The van der Waals surface area contributed by atoms with Crippen molar-refractivity contribution < 1.29 is 0 Å². The summed E-state index contributed by atoms with van der Waals surface area (Å²) in [5.41, 5.74) is 2.11. The number of nitrogens with one attached hydrogen (secondary N) is 2. The molecule has 2 N–H and O–H groups in total. The Morgan fingerprint density at radius 1 is 1.53 bits per heavy atom. The van der Waals surface area contributed by atoms with Crippen LogP contribution in [-0.4, -0.2) is 32.3 Å². The molecule has 17 heavy (non-hydrogen) atoms. The zero-order valence-corrected chi connectivity index (χ0v) is 9.98. The van der Waals surface area contributed by atoms with Crippen molar-refractivity contribution in [3.63, 3.8) is 0 Å². The van der Waals surface area contributed by atoms with Crippen molar-refractivity contribution in [2.45, 2.75) is 25.3 Å². The molecular weight excluding hydrogens is 214 g/mol. The van der Waals surface area contributed by atoms with Crippen molar-refractivity contribution in [3.05, 3.63) is 24.3 Å². The van der Waals surface area contributed by atoms with Crippen LogP contribution in [0.25, 0.3) is 11.4 Å². The molecule has 1 saturated heterocycles. The number of aromatic amines is 1. The van der Waals surface area contributed by atoms with Crippen LogP contribution >= 0.6 is 0 Å². The summed E-state index contributed by atoms with van der Waals surface area (Å²) in [4.78, 5) is 7.81. The van der Waals surface area contributed by atoms with Gasteiger partial charge in [0.2, 0.25) is 0 Å². The molecule has 0 aliphatic carbocycles. The standard InChI is InChI=1S/C12H17N5/c1-17-11(4-6-15-17)10-8-14-12(16-10)7-9-3-2-5-13-9/h4,6,8-9,13H,2-3,5,7H2,1H3,(H,14,16). The van der Waals surface area contributed by atoms with E-state index in [1.807, 2.05) is 24.0 Å². The average molecular weight is 231 g/mol. The number of nitrogens with zero attached hydrogens (tertiary/aromatic N) is 3. The number of rotatable bonds is 3. The Morgan fingerprint density at radius 2 is 2.47 bits per heavy atom. The molecule has 0 aromatic carbocycles. The predicted octanol–water partition coefficient (Wildman–Crippen LogP) is 1.10. The molecule has 0 bridgehead atoms. The number of hydrogen-bond acceptors (Lipinski definition) is 3. The highest BCUT2D eigenvalue weighted by Gasteiger charge is 2.16. The van der Waals surface area contributed by atoms with E-state index in [4.69, 9.17) is 0 Å². The maximum absolute atomic E-state index is 4.44. The lowest BCUT2D eigenvalue weighted by molar-refractivity contribution is 0.588. The van der Waals surface area contributed by atoms with E-state index in [1.165, 1.54) is 12.8 Å². The van der Waals surface area contributed by atoms with Crippen LogP contribution in [0.2, 0.25) is 0 Å². The van der Waals surface area contributed by atoms with Crippen LogP contribution in [0.4, 0.5) is 0 Å². The summed E-state index contributed by atoms with van der Waals surface area (Å²) in [5.74, 6) is 1.06. The first-order chi connectivity index (χ1) is 8.33. The van der Waals surface area contributed by atoms with Gasteiger partial charge >= 0.3 is 0 Å². The number of aryl methyl sites for hydroxylation is 1. The van der Waals surface area contributed by atoms with Crippen molar-refractivity contribution >= 4 is 0 Å². The quantitative estimate of drug-likeness (QED) is 0.831. The van der Waals surface area contributed by atoms with E-state index in [-0.39, 0.29) is 0 Å². The highest BCUT2D eigenvalue weighted by Crippen LogP contribution is 2.17. The summed E-state index contributed by atoms with van der Waals surface area (Å²) in [6.07, 6.45) is 7.20. The van der Waals surface area contributed by atoms with Gasteiger partial charge in [0.1, 0.15) is 5.82 Å². The average Bonchev–Trinajstić information content (AvgIpc) is 3.00. The minimum Gasteiger partial charge on any atom is -0.341 e. The van der Waals surface area contributed by atoms with E-state index < -0.39 is 0 Å². The lowest BCUT2D eigenvalue weighted by Gasteiger charge is -2.06. The Labute approximate surface area is 100 Å². The van der Waals surface area contributed by atoms with Gasteiger partial charge in [-0.25, -0.2) is 4.98 Å². The molecule has 5 nitrogen and oxygen atoms in total. The van der Waals surface area contributed by atoms with Gasteiger partial charge in [-0.15, -0.1) is 0 Å². The maximum atomic E-state index is 4.44. The SMILES string of the molecule is Cn1nccc1-c1cnc(CC2CCCN2)[nH]1. The van der Waals surface area contributed by atoms with Gasteiger partial charge in [-0.1, -0.05) is 0 Å². The van der Waals surface area contributed by atoms with Gasteiger partial charge in [-0.3, -0.25) is 4.68 Å². The van der Waals surface area contributed by atoms with E-state index in [2.05, 4.69) is 20.4 Å². The summed E-state index contributed by atoms with van der Waals surface area (Å²) < 4.78 is 1.85. The maximum Gasteiger partial charge on any atom is 0.108 e. The summed E-state index contributed by atoms with van der Waals surface area (Å²) in [5, 5.41) is 7.65. The predicted molar refractivity (Wildman–Crippen MR) is 65.5 cm³/mol. The Kier molecular flexibility index (Phi) is 2.68. The fourth-order valence-electron chi connectivity index (χ4n) is 2.40. The smallest absolute Gasteiger partial charge is 0.108 e. The van der Waals surface area contributed by atoms with Crippen LogP contribution in [0.15, 0.2) is 18.5 Å². The molecule has 3 heterocycles. The van der Waals surface area contributed by atoms with Crippen molar-refractivity contribution in [1.29, 1.82) is 0 Å². The van der Waals surface area contributed by atoms with Gasteiger partial charge in [-0.2, -0.15) is 5.10 Å². The van der Waals surface area contributed by atoms with Gasteiger partial charge in [0.05, 0.1) is 17.6 Å². The molecule has 1 aliphatic rings. The Balaban J connectivity index is 1.76. The van der Waals surface area contributed by atoms with E-state index in [1.54, 1.807) is 6.20 Å². The van der Waals surface area contributed by atoms with Crippen molar-refractivity contribution in [2.75, 3.05) is 6.54 Å². The molecule has 0 spiro atoms. The van der Waals surface area contributed by atoms with E-state index in [0.717, 1.165) is 30.2 Å². The molecule has 1 fully saturated rings. The molecule has 90 valence electrons. The van der Waals surface area contributed by atoms with Crippen LogP contribution < -0.4 is 5.32 Å². The second-order valence-corrected chi connectivity index (χ2v) is 4.58. The molecule has 2 aromatic rings. The molecular formula is C12H17N5. The molecule has 0 radical (unpaired) electrons. The number of imidazole rings is 1. The molecule has 3 rings (SSSR count). The summed E-state index contributed by atoms with van der Waals surface area (Å²) in [6, 6.07) is 2.58. The van der Waals surface area contributed by atoms with Crippen LogP contribution in [-0.2, 0) is 13.5 Å². The van der Waals surface area contributed by atoms with Crippen LogP contribution in [0.5, 0.6) is 0 Å². The molecule has 1 unspecified atom stereocenters. The second-order valence-electron chi connectivity index (χ2n) is 4.58. The Morgan fingerprint density at radius 3 is 3.18 bits per heavy atom. The first-order valence-electron chi connectivity index (χ1n) is 6.08. The first-order valence-corrected chi connectivity index (χ1v) is 6.08. The molecule has 0 saturated carbocycles. The van der Waals surface area contributed by atoms with Gasteiger partial charge in [0, 0.05) is 25.7 Å². The molecule has 1 atom stereocenters. The number of aromatic nitrogens is 4. The van der Waals surface area contributed by atoms with Gasteiger partial charge < -0.3 is 10.3 Å². The monoisotopic (exact) mass is 231 g/mol. The summed E-state index contributed by atoms with van der Waals surface area (Å²) >= 11 is 0. The first kappa shape index (κ1) is 10.5. The lowest BCUT2D eigenvalue weighted by Crippen LogP contribution is -2.24. The summed E-state index contributed by atoms with van der Waals surface area (Å²) in [7, 11) is 1.94. The van der Waals surface area contributed by atoms with Crippen LogP contribution in [0, 0.1) is 0 Å². The minimum absolute atomic E-state index is 0.584. The van der Waals surface area contributed by atoms with Crippen molar-refractivity contribution in [3.8, 4) is 11.4 Å². The zero-order valence-electron chi connectivity index (χ0n) is 9.98. The Bertz CT molecular complexity index is 492. The fraction of sp³-hybridized carbons (Fsp3) is 0.500. The number of H-pyrrole nitrogens is 1. The van der Waals surface area contributed by atoms with Crippen molar-refractivity contribution in [1.82, 2.24) is 25.1 Å². The third kappa shape index (κ3) is 2.10. The molecule has 2 aromatic heterocycles. The van der Waals surface area contributed by atoms with Gasteiger partial charge in [0.25, 0.3) is 0 Å². The Hall–Kier alpha value is -1.62. The highest BCUT2D eigenvalue weighted by molar-refractivity contribution is 5.53. The molecule has 1 aliphatic heterocycles. The molecule has 5 heteroatoms. The summed E-state index contributed by atoms with van der Waals surface area (Å²) in [6.45, 7) is 1.14. The van der Waals surface area contributed by atoms with Gasteiger partial charge in [0.15, 0.2) is 0 Å². The van der Waals surface area contributed by atoms with E-state index >= 15 is 0 Å². The lowest BCUT2D eigenvalue weighted by atomic mass is 10.1. The molecule has 0 amide bonds. The van der Waals surface area contributed by atoms with E-state index in [9.17, 15) is 0 Å².